The first-order valence-corrected chi connectivity index (χ1v) is 8.75. The fourth-order valence-electron chi connectivity index (χ4n) is 1.87. The van der Waals surface area contributed by atoms with Crippen LogP contribution >= 0.6 is 15.9 Å². The molecule has 2 aromatic rings. The van der Waals surface area contributed by atoms with Crippen LogP contribution in [0.5, 0.6) is 0 Å². The average molecular weight is 384 g/mol. The van der Waals surface area contributed by atoms with E-state index in [4.69, 9.17) is 5.11 Å². The van der Waals surface area contributed by atoms with Crippen molar-refractivity contribution in [3.63, 3.8) is 0 Å². The quantitative estimate of drug-likeness (QED) is 0.827. The van der Waals surface area contributed by atoms with Gasteiger partial charge < -0.3 is 5.11 Å². The van der Waals surface area contributed by atoms with E-state index in [2.05, 4.69) is 20.7 Å². The minimum atomic E-state index is -3.80. The maximum atomic E-state index is 12.4. The SMILES string of the molecule is CCc1ccc(NS(=O)(=O)c2ccc(C(=O)O)cc2Br)cc1. The second kappa shape index (κ2) is 6.50. The summed E-state index contributed by atoms with van der Waals surface area (Å²) in [5, 5.41) is 8.90. The number of nitrogens with one attached hydrogen (secondary N) is 1. The summed E-state index contributed by atoms with van der Waals surface area (Å²) < 4.78 is 27.4. The number of aromatic carboxylic acids is 1. The molecule has 0 radical (unpaired) electrons. The molecule has 22 heavy (non-hydrogen) atoms. The van der Waals surface area contributed by atoms with Gasteiger partial charge in [0.2, 0.25) is 0 Å². The van der Waals surface area contributed by atoms with Gasteiger partial charge in [-0.25, -0.2) is 13.2 Å². The Morgan fingerprint density at radius 2 is 1.82 bits per heavy atom. The predicted molar refractivity (Wildman–Crippen MR) is 87.7 cm³/mol. The number of hydrogen-bond acceptors (Lipinski definition) is 3. The zero-order valence-corrected chi connectivity index (χ0v) is 14.1. The van der Waals surface area contributed by atoms with E-state index in [1.165, 1.54) is 18.2 Å². The Balaban J connectivity index is 2.31. The second-order valence-corrected chi connectivity index (χ2v) is 7.11. The first-order chi connectivity index (χ1) is 10.3. The maximum Gasteiger partial charge on any atom is 0.335 e. The fourth-order valence-corrected chi connectivity index (χ4v) is 4.01. The van der Waals surface area contributed by atoms with Crippen molar-refractivity contribution in [2.24, 2.45) is 0 Å². The summed E-state index contributed by atoms with van der Waals surface area (Å²) in [5.74, 6) is -1.12. The lowest BCUT2D eigenvalue weighted by molar-refractivity contribution is 0.0696. The molecule has 0 aliphatic carbocycles. The van der Waals surface area contributed by atoms with Gasteiger partial charge in [0.1, 0.15) is 4.90 Å². The molecule has 0 fully saturated rings. The van der Waals surface area contributed by atoms with Gasteiger partial charge in [0.25, 0.3) is 10.0 Å². The lowest BCUT2D eigenvalue weighted by Gasteiger charge is -2.10. The number of hydrogen-bond donors (Lipinski definition) is 2. The van der Waals surface area contributed by atoms with E-state index in [-0.39, 0.29) is 14.9 Å². The van der Waals surface area contributed by atoms with Crippen LogP contribution in [0.15, 0.2) is 51.8 Å². The highest BCUT2D eigenvalue weighted by Gasteiger charge is 2.19. The zero-order valence-electron chi connectivity index (χ0n) is 11.7. The number of benzene rings is 2. The largest absolute Gasteiger partial charge is 0.478 e. The zero-order chi connectivity index (χ0) is 16.3. The van der Waals surface area contributed by atoms with E-state index >= 15 is 0 Å². The molecular weight excluding hydrogens is 370 g/mol. The molecule has 0 aromatic heterocycles. The van der Waals surface area contributed by atoms with Crippen LogP contribution in [-0.4, -0.2) is 19.5 Å². The van der Waals surface area contributed by atoms with Crippen molar-refractivity contribution in [2.45, 2.75) is 18.2 Å². The highest BCUT2D eigenvalue weighted by atomic mass is 79.9. The van der Waals surface area contributed by atoms with Gasteiger partial charge in [-0.2, -0.15) is 0 Å². The minimum Gasteiger partial charge on any atom is -0.478 e. The molecule has 0 aliphatic rings. The Morgan fingerprint density at radius 3 is 2.32 bits per heavy atom. The standard InChI is InChI=1S/C15H14BrNO4S/c1-2-10-3-6-12(7-4-10)17-22(20,21)14-8-5-11(15(18)19)9-13(14)16/h3-9,17H,2H2,1H3,(H,18,19). The molecule has 5 nitrogen and oxygen atoms in total. The summed E-state index contributed by atoms with van der Waals surface area (Å²) in [6.45, 7) is 2.01. The van der Waals surface area contributed by atoms with E-state index in [0.717, 1.165) is 12.0 Å². The van der Waals surface area contributed by atoms with Gasteiger partial charge in [0.15, 0.2) is 0 Å². The maximum absolute atomic E-state index is 12.4. The average Bonchev–Trinajstić information content (AvgIpc) is 2.47. The van der Waals surface area contributed by atoms with Crippen molar-refractivity contribution >= 4 is 37.6 Å². The molecule has 116 valence electrons. The van der Waals surface area contributed by atoms with E-state index in [1.54, 1.807) is 12.1 Å². The molecule has 0 saturated heterocycles. The number of halogens is 1. The van der Waals surface area contributed by atoms with Crippen molar-refractivity contribution < 1.29 is 18.3 Å². The molecule has 0 bridgehead atoms. The molecule has 0 atom stereocenters. The summed E-state index contributed by atoms with van der Waals surface area (Å²) in [6.07, 6.45) is 0.870. The van der Waals surface area contributed by atoms with Crippen LogP contribution in [0.25, 0.3) is 0 Å². The normalized spacial score (nSPS) is 11.2. The smallest absolute Gasteiger partial charge is 0.335 e. The molecule has 0 heterocycles. The van der Waals surface area contributed by atoms with Crippen LogP contribution in [0.4, 0.5) is 5.69 Å². The van der Waals surface area contributed by atoms with Gasteiger partial charge in [-0.05, 0) is 58.2 Å². The molecule has 0 aliphatic heterocycles. The Bertz CT molecular complexity index is 801. The number of carboxylic acids is 1. The van der Waals surface area contributed by atoms with Crippen LogP contribution in [0.3, 0.4) is 0 Å². The Labute approximate surface area is 137 Å². The van der Waals surface area contributed by atoms with Gasteiger partial charge in [0.05, 0.1) is 5.56 Å². The van der Waals surface area contributed by atoms with Gasteiger partial charge in [0, 0.05) is 10.2 Å². The van der Waals surface area contributed by atoms with Crippen LogP contribution < -0.4 is 4.72 Å². The molecule has 2 aromatic carbocycles. The first-order valence-electron chi connectivity index (χ1n) is 6.48. The third-order valence-corrected chi connectivity index (χ3v) is 5.44. The van der Waals surface area contributed by atoms with Crippen molar-refractivity contribution in [3.05, 3.63) is 58.1 Å². The van der Waals surface area contributed by atoms with Crippen molar-refractivity contribution in [1.82, 2.24) is 0 Å². The molecule has 2 rings (SSSR count). The van der Waals surface area contributed by atoms with Crippen LogP contribution in [0.1, 0.15) is 22.8 Å². The Kier molecular flexibility index (Phi) is 4.87. The summed E-state index contributed by atoms with van der Waals surface area (Å²) in [7, 11) is -3.80. The molecule has 2 N–H and O–H groups in total. The van der Waals surface area contributed by atoms with E-state index in [0.29, 0.717) is 5.69 Å². The van der Waals surface area contributed by atoms with Crippen LogP contribution in [-0.2, 0) is 16.4 Å². The third kappa shape index (κ3) is 3.66. The van der Waals surface area contributed by atoms with Crippen molar-refractivity contribution in [3.8, 4) is 0 Å². The van der Waals surface area contributed by atoms with Crippen molar-refractivity contribution in [1.29, 1.82) is 0 Å². The highest BCUT2D eigenvalue weighted by molar-refractivity contribution is 9.10. The van der Waals surface area contributed by atoms with Crippen LogP contribution in [0, 0.1) is 0 Å². The second-order valence-electron chi connectivity index (χ2n) is 4.61. The monoisotopic (exact) mass is 383 g/mol. The van der Waals surface area contributed by atoms with Gasteiger partial charge in [-0.15, -0.1) is 0 Å². The van der Waals surface area contributed by atoms with Gasteiger partial charge in [-0.1, -0.05) is 19.1 Å². The topological polar surface area (TPSA) is 83.5 Å². The van der Waals surface area contributed by atoms with E-state index < -0.39 is 16.0 Å². The minimum absolute atomic E-state index is 0.0122. The highest BCUT2D eigenvalue weighted by Crippen LogP contribution is 2.25. The van der Waals surface area contributed by atoms with E-state index in [9.17, 15) is 13.2 Å². The number of aryl methyl sites for hydroxylation is 1. The Morgan fingerprint density at radius 1 is 1.18 bits per heavy atom. The summed E-state index contributed by atoms with van der Waals surface area (Å²) in [6, 6.07) is 10.8. The summed E-state index contributed by atoms with van der Waals surface area (Å²) >= 11 is 3.10. The molecular formula is C15H14BrNO4S. The Hall–Kier alpha value is -1.86. The summed E-state index contributed by atoms with van der Waals surface area (Å²) in [4.78, 5) is 10.9. The molecule has 0 spiro atoms. The third-order valence-electron chi connectivity index (χ3n) is 3.08. The molecule has 7 heteroatoms. The molecule has 0 unspecified atom stereocenters. The fraction of sp³-hybridized carbons (Fsp3) is 0.133. The molecule has 0 saturated carbocycles. The van der Waals surface area contributed by atoms with Gasteiger partial charge >= 0.3 is 5.97 Å². The first kappa shape index (κ1) is 16.5. The molecule has 0 amide bonds. The lowest BCUT2D eigenvalue weighted by Crippen LogP contribution is -2.14. The number of carbonyl (C=O) groups is 1. The number of anilines is 1. The number of sulfonamides is 1. The van der Waals surface area contributed by atoms with Crippen molar-refractivity contribution in [2.75, 3.05) is 4.72 Å². The van der Waals surface area contributed by atoms with Crippen LogP contribution in [0.2, 0.25) is 0 Å². The predicted octanol–water partition coefficient (Wildman–Crippen LogP) is 3.51. The lowest BCUT2D eigenvalue weighted by atomic mass is 10.2. The van der Waals surface area contributed by atoms with Gasteiger partial charge in [-0.3, -0.25) is 4.72 Å². The number of rotatable bonds is 5. The summed E-state index contributed by atoms with van der Waals surface area (Å²) in [5.41, 5.74) is 1.57. The van der Waals surface area contributed by atoms with E-state index in [1.807, 2.05) is 19.1 Å². The number of carboxylic acid groups (broad SMARTS) is 1.